The maximum absolute atomic E-state index is 13.3. The van der Waals surface area contributed by atoms with Crippen LogP contribution in [0.5, 0.6) is 5.75 Å². The van der Waals surface area contributed by atoms with Crippen molar-refractivity contribution in [2.24, 2.45) is 5.92 Å². The Morgan fingerprint density at radius 2 is 2.06 bits per heavy atom. The lowest BCUT2D eigenvalue weighted by Crippen LogP contribution is -2.47. The van der Waals surface area contributed by atoms with E-state index in [0.717, 1.165) is 6.07 Å². The van der Waals surface area contributed by atoms with Gasteiger partial charge in [-0.2, -0.15) is 13.2 Å². The van der Waals surface area contributed by atoms with Gasteiger partial charge in [0, 0.05) is 0 Å². The van der Waals surface area contributed by atoms with Crippen molar-refractivity contribution < 1.29 is 32.2 Å². The zero-order valence-electron chi connectivity index (χ0n) is 8.87. The summed E-state index contributed by atoms with van der Waals surface area (Å²) in [5, 5.41) is 8.79. The van der Waals surface area contributed by atoms with Crippen molar-refractivity contribution >= 4 is 5.97 Å². The van der Waals surface area contributed by atoms with Crippen molar-refractivity contribution in [1.82, 2.24) is 0 Å². The Hall–Kier alpha value is -1.79. The molecule has 2 rings (SSSR count). The molecule has 0 bridgehead atoms. The van der Waals surface area contributed by atoms with Gasteiger partial charge in [0.15, 0.2) is 11.6 Å². The summed E-state index contributed by atoms with van der Waals surface area (Å²) in [6.07, 6.45) is -7.80. The van der Waals surface area contributed by atoms with E-state index in [2.05, 4.69) is 4.74 Å². The first-order valence-corrected chi connectivity index (χ1v) is 5.04. The smallest absolute Gasteiger partial charge is 0.426 e. The van der Waals surface area contributed by atoms with Crippen LogP contribution in [0, 0.1) is 11.7 Å². The fourth-order valence-corrected chi connectivity index (χ4v) is 1.91. The highest BCUT2D eigenvalue weighted by Crippen LogP contribution is 2.39. The second kappa shape index (κ2) is 4.15. The SMILES string of the molecule is O=C(O)[C@H]1Cc2cccc(F)c2O[C@H]1C(F)(F)F. The van der Waals surface area contributed by atoms with Gasteiger partial charge in [-0.1, -0.05) is 12.1 Å². The number of carboxylic acid groups (broad SMARTS) is 1. The summed E-state index contributed by atoms with van der Waals surface area (Å²) in [5.74, 6) is -4.82. The Balaban J connectivity index is 2.44. The van der Waals surface area contributed by atoms with Crippen LogP contribution in [-0.2, 0) is 11.2 Å². The molecule has 1 aromatic carbocycles. The Kier molecular flexibility index (Phi) is 2.92. The lowest BCUT2D eigenvalue weighted by atomic mass is 9.90. The molecule has 18 heavy (non-hydrogen) atoms. The number of halogens is 4. The number of rotatable bonds is 1. The highest BCUT2D eigenvalue weighted by atomic mass is 19.4. The summed E-state index contributed by atoms with van der Waals surface area (Å²) >= 11 is 0. The summed E-state index contributed by atoms with van der Waals surface area (Å²) in [7, 11) is 0. The molecule has 0 spiro atoms. The van der Waals surface area contributed by atoms with E-state index in [1.807, 2.05) is 0 Å². The molecule has 0 unspecified atom stereocenters. The van der Waals surface area contributed by atoms with Gasteiger partial charge in [0.05, 0.1) is 0 Å². The molecule has 7 heteroatoms. The molecule has 0 aromatic heterocycles. The van der Waals surface area contributed by atoms with Crippen molar-refractivity contribution in [3.63, 3.8) is 0 Å². The maximum atomic E-state index is 13.3. The number of para-hydroxylation sites is 1. The van der Waals surface area contributed by atoms with E-state index >= 15 is 0 Å². The molecular weight excluding hydrogens is 256 g/mol. The third kappa shape index (κ3) is 2.12. The van der Waals surface area contributed by atoms with Crippen LogP contribution in [0.1, 0.15) is 5.56 Å². The van der Waals surface area contributed by atoms with Crippen LogP contribution in [0.4, 0.5) is 17.6 Å². The van der Waals surface area contributed by atoms with Crippen molar-refractivity contribution in [1.29, 1.82) is 0 Å². The number of hydrogen-bond acceptors (Lipinski definition) is 2. The monoisotopic (exact) mass is 264 g/mol. The van der Waals surface area contributed by atoms with Crippen molar-refractivity contribution in [3.05, 3.63) is 29.6 Å². The normalized spacial score (nSPS) is 23.1. The minimum Gasteiger partial charge on any atom is -0.481 e. The van der Waals surface area contributed by atoms with Crippen molar-refractivity contribution in [2.75, 3.05) is 0 Å². The molecule has 0 fully saturated rings. The molecular formula is C11H8F4O3. The topological polar surface area (TPSA) is 46.5 Å². The molecule has 1 aromatic rings. The molecule has 1 N–H and O–H groups in total. The molecule has 98 valence electrons. The first-order chi connectivity index (χ1) is 8.30. The molecule has 3 nitrogen and oxygen atoms in total. The lowest BCUT2D eigenvalue weighted by Gasteiger charge is -2.32. The number of aliphatic carboxylic acids is 1. The van der Waals surface area contributed by atoms with Gasteiger partial charge in [-0.25, -0.2) is 4.39 Å². The van der Waals surface area contributed by atoms with Gasteiger partial charge >= 0.3 is 12.1 Å². The Morgan fingerprint density at radius 3 is 2.61 bits per heavy atom. The number of benzene rings is 1. The Bertz CT molecular complexity index is 484. The van der Waals surface area contributed by atoms with E-state index in [-0.39, 0.29) is 5.56 Å². The van der Waals surface area contributed by atoms with Crippen LogP contribution in [0.25, 0.3) is 0 Å². The quantitative estimate of drug-likeness (QED) is 0.792. The van der Waals surface area contributed by atoms with Crippen LogP contribution in [0.2, 0.25) is 0 Å². The van der Waals surface area contributed by atoms with Crippen LogP contribution in [0.3, 0.4) is 0 Å². The summed E-state index contributed by atoms with van der Waals surface area (Å²) in [6.45, 7) is 0. The van der Waals surface area contributed by atoms with Gasteiger partial charge in [0.1, 0.15) is 5.92 Å². The van der Waals surface area contributed by atoms with E-state index < -0.39 is 42.2 Å². The number of alkyl halides is 3. The second-order valence-corrected chi connectivity index (χ2v) is 3.96. The number of hydrogen-bond donors (Lipinski definition) is 1. The fraction of sp³-hybridized carbons (Fsp3) is 0.364. The number of carbonyl (C=O) groups is 1. The number of fused-ring (bicyclic) bond motifs is 1. The largest absolute Gasteiger partial charge is 0.481 e. The van der Waals surface area contributed by atoms with Crippen LogP contribution < -0.4 is 4.74 Å². The summed E-state index contributed by atoms with van der Waals surface area (Å²) in [6, 6.07) is 3.61. The minimum atomic E-state index is -4.86. The average Bonchev–Trinajstić information content (AvgIpc) is 2.26. The molecule has 0 aliphatic carbocycles. The first kappa shape index (κ1) is 12.7. The van der Waals surface area contributed by atoms with Crippen LogP contribution >= 0.6 is 0 Å². The molecule has 1 aliphatic rings. The van der Waals surface area contributed by atoms with Crippen molar-refractivity contribution in [3.8, 4) is 5.75 Å². The van der Waals surface area contributed by atoms with Gasteiger partial charge in [-0.15, -0.1) is 0 Å². The second-order valence-electron chi connectivity index (χ2n) is 3.96. The molecule has 0 radical (unpaired) electrons. The summed E-state index contributed by atoms with van der Waals surface area (Å²) in [5.41, 5.74) is 0.128. The third-order valence-electron chi connectivity index (χ3n) is 2.74. The molecule has 0 saturated carbocycles. The zero-order chi connectivity index (χ0) is 13.5. The standard InChI is InChI=1S/C11H8F4O3/c12-7-3-1-2-5-4-6(10(16)17)9(11(13,14)15)18-8(5)7/h1-3,6,9H,4H2,(H,16,17)/t6-,9+/m0/s1. The number of ether oxygens (including phenoxy) is 1. The Morgan fingerprint density at radius 1 is 1.39 bits per heavy atom. The van der Waals surface area contributed by atoms with E-state index in [1.165, 1.54) is 12.1 Å². The van der Waals surface area contributed by atoms with Crippen LogP contribution in [0.15, 0.2) is 18.2 Å². The first-order valence-electron chi connectivity index (χ1n) is 5.04. The molecule has 1 heterocycles. The van der Waals surface area contributed by atoms with E-state index in [9.17, 15) is 22.4 Å². The van der Waals surface area contributed by atoms with Crippen molar-refractivity contribution in [2.45, 2.75) is 18.7 Å². The summed E-state index contributed by atoms with van der Waals surface area (Å²) in [4.78, 5) is 10.8. The highest BCUT2D eigenvalue weighted by Gasteiger charge is 2.52. The zero-order valence-corrected chi connectivity index (χ0v) is 8.87. The van der Waals surface area contributed by atoms with Gasteiger partial charge in [-0.05, 0) is 18.1 Å². The summed E-state index contributed by atoms with van der Waals surface area (Å²) < 4.78 is 55.8. The van der Waals surface area contributed by atoms with E-state index in [4.69, 9.17) is 5.11 Å². The molecule has 0 saturated heterocycles. The Labute approximate surface area is 99.0 Å². The fourth-order valence-electron chi connectivity index (χ4n) is 1.91. The van der Waals surface area contributed by atoms with Gasteiger partial charge < -0.3 is 9.84 Å². The number of carboxylic acids is 1. The van der Waals surface area contributed by atoms with Gasteiger partial charge in [0.2, 0.25) is 6.10 Å². The van der Waals surface area contributed by atoms with Crippen LogP contribution in [-0.4, -0.2) is 23.4 Å². The molecule has 2 atom stereocenters. The maximum Gasteiger partial charge on any atom is 0.426 e. The van der Waals surface area contributed by atoms with E-state index in [1.54, 1.807) is 0 Å². The van der Waals surface area contributed by atoms with Gasteiger partial charge in [-0.3, -0.25) is 4.79 Å². The highest BCUT2D eigenvalue weighted by molar-refractivity contribution is 5.72. The predicted molar refractivity (Wildman–Crippen MR) is 51.7 cm³/mol. The van der Waals surface area contributed by atoms with E-state index in [0.29, 0.717) is 0 Å². The predicted octanol–water partition coefficient (Wildman–Crippen LogP) is 2.39. The average molecular weight is 264 g/mol. The minimum absolute atomic E-state index is 0.128. The van der Waals surface area contributed by atoms with Gasteiger partial charge in [0.25, 0.3) is 0 Å². The third-order valence-corrected chi connectivity index (χ3v) is 2.74. The molecule has 0 amide bonds. The lowest BCUT2D eigenvalue weighted by molar-refractivity contribution is -0.218. The molecule has 1 aliphatic heterocycles.